The summed E-state index contributed by atoms with van der Waals surface area (Å²) in [6, 6.07) is 7.82. The molecule has 0 spiro atoms. The number of hydrogen-bond donors (Lipinski definition) is 2. The molecule has 0 aliphatic carbocycles. The lowest BCUT2D eigenvalue weighted by atomic mass is 10.1. The summed E-state index contributed by atoms with van der Waals surface area (Å²) >= 11 is 0. The van der Waals surface area contributed by atoms with Crippen molar-refractivity contribution in [2.24, 2.45) is 5.73 Å². The Morgan fingerprint density at radius 3 is 2.30 bits per heavy atom. The van der Waals surface area contributed by atoms with E-state index in [1.807, 2.05) is 24.3 Å². The van der Waals surface area contributed by atoms with Crippen molar-refractivity contribution < 1.29 is 9.47 Å². The van der Waals surface area contributed by atoms with Gasteiger partial charge in [0.05, 0.1) is 6.61 Å². The van der Waals surface area contributed by atoms with E-state index in [9.17, 15) is 0 Å². The topological polar surface area (TPSA) is 71.6 Å². The molecule has 0 aliphatic heterocycles. The number of benzene rings is 1. The zero-order valence-electron chi connectivity index (χ0n) is 12.4. The zero-order valence-corrected chi connectivity index (χ0v) is 12.4. The van der Waals surface area contributed by atoms with Crippen LogP contribution in [0.2, 0.25) is 0 Å². The third-order valence-corrected chi connectivity index (χ3v) is 3.11. The second-order valence-electron chi connectivity index (χ2n) is 4.73. The van der Waals surface area contributed by atoms with Crippen LogP contribution in [-0.2, 0) is 16.0 Å². The minimum Gasteiger partial charge on any atom is -0.385 e. The van der Waals surface area contributed by atoms with E-state index in [1.165, 1.54) is 5.56 Å². The van der Waals surface area contributed by atoms with Gasteiger partial charge in [0.15, 0.2) is 0 Å². The first-order valence-corrected chi connectivity index (χ1v) is 6.81. The van der Waals surface area contributed by atoms with E-state index in [0.717, 1.165) is 44.8 Å². The van der Waals surface area contributed by atoms with Crippen LogP contribution in [0.1, 0.15) is 17.5 Å². The lowest BCUT2D eigenvalue weighted by molar-refractivity contribution is 0.129. The Hall–Kier alpha value is -1.43. The van der Waals surface area contributed by atoms with Crippen molar-refractivity contribution in [2.75, 3.05) is 40.5 Å². The molecule has 0 aromatic heterocycles. The number of amidine groups is 1. The SMILES string of the molecule is COCCCN(CCOC)Cc1ccc(C(=N)N)cc1. The number of methoxy groups -OCH3 is 2. The Labute approximate surface area is 121 Å². The average molecular weight is 279 g/mol. The highest BCUT2D eigenvalue weighted by Crippen LogP contribution is 2.08. The van der Waals surface area contributed by atoms with Gasteiger partial charge in [-0.15, -0.1) is 0 Å². The monoisotopic (exact) mass is 279 g/mol. The van der Waals surface area contributed by atoms with Gasteiger partial charge in [-0.25, -0.2) is 0 Å². The first kappa shape index (κ1) is 16.6. The van der Waals surface area contributed by atoms with Crippen LogP contribution in [-0.4, -0.2) is 51.3 Å². The molecule has 0 aliphatic rings. The predicted molar refractivity (Wildman–Crippen MR) is 81.1 cm³/mol. The molecular formula is C15H25N3O2. The van der Waals surface area contributed by atoms with Crippen molar-refractivity contribution in [3.05, 3.63) is 35.4 Å². The Bertz CT molecular complexity index is 393. The molecule has 0 bridgehead atoms. The molecule has 5 nitrogen and oxygen atoms in total. The summed E-state index contributed by atoms with van der Waals surface area (Å²) in [4.78, 5) is 2.34. The molecule has 0 radical (unpaired) electrons. The summed E-state index contributed by atoms with van der Waals surface area (Å²) < 4.78 is 10.2. The van der Waals surface area contributed by atoms with Gasteiger partial charge in [-0.3, -0.25) is 10.3 Å². The summed E-state index contributed by atoms with van der Waals surface area (Å²) in [5.74, 6) is 0.105. The molecule has 0 heterocycles. The quantitative estimate of drug-likeness (QED) is 0.386. The fraction of sp³-hybridized carbons (Fsp3) is 0.533. The van der Waals surface area contributed by atoms with E-state index >= 15 is 0 Å². The summed E-state index contributed by atoms with van der Waals surface area (Å²) in [6.07, 6.45) is 1.01. The molecule has 1 rings (SSSR count). The Kier molecular flexibility index (Phi) is 7.87. The van der Waals surface area contributed by atoms with E-state index in [4.69, 9.17) is 20.6 Å². The van der Waals surface area contributed by atoms with E-state index in [-0.39, 0.29) is 5.84 Å². The minimum absolute atomic E-state index is 0.105. The molecule has 0 saturated carbocycles. The molecule has 0 amide bonds. The molecule has 112 valence electrons. The van der Waals surface area contributed by atoms with Gasteiger partial charge in [0.2, 0.25) is 0 Å². The molecule has 5 heteroatoms. The first-order valence-electron chi connectivity index (χ1n) is 6.81. The number of ether oxygens (including phenoxy) is 2. The smallest absolute Gasteiger partial charge is 0.122 e. The third-order valence-electron chi connectivity index (χ3n) is 3.11. The van der Waals surface area contributed by atoms with Gasteiger partial charge >= 0.3 is 0 Å². The van der Waals surface area contributed by atoms with Crippen LogP contribution in [0.15, 0.2) is 24.3 Å². The highest BCUT2D eigenvalue weighted by molar-refractivity contribution is 5.94. The Balaban J connectivity index is 2.55. The van der Waals surface area contributed by atoms with Gasteiger partial charge in [-0.1, -0.05) is 24.3 Å². The molecule has 0 unspecified atom stereocenters. The summed E-state index contributed by atoms with van der Waals surface area (Å²) in [5, 5.41) is 7.39. The molecule has 0 fully saturated rings. The van der Waals surface area contributed by atoms with Crippen molar-refractivity contribution in [1.82, 2.24) is 4.90 Å². The fourth-order valence-corrected chi connectivity index (χ4v) is 1.97. The van der Waals surface area contributed by atoms with E-state index in [2.05, 4.69) is 4.90 Å². The number of nitrogens with two attached hydrogens (primary N) is 1. The molecule has 0 saturated heterocycles. The van der Waals surface area contributed by atoms with Gasteiger partial charge in [-0.2, -0.15) is 0 Å². The van der Waals surface area contributed by atoms with Gasteiger partial charge in [0.25, 0.3) is 0 Å². The maximum Gasteiger partial charge on any atom is 0.122 e. The van der Waals surface area contributed by atoms with Gasteiger partial charge in [0, 0.05) is 46.0 Å². The fourth-order valence-electron chi connectivity index (χ4n) is 1.97. The van der Waals surface area contributed by atoms with Crippen LogP contribution in [0, 0.1) is 5.41 Å². The predicted octanol–water partition coefficient (Wildman–Crippen LogP) is 1.46. The largest absolute Gasteiger partial charge is 0.385 e. The number of rotatable bonds is 10. The summed E-state index contributed by atoms with van der Waals surface area (Å²) in [6.45, 7) is 4.23. The second-order valence-corrected chi connectivity index (χ2v) is 4.73. The van der Waals surface area contributed by atoms with E-state index in [0.29, 0.717) is 0 Å². The molecule has 1 aromatic rings. The van der Waals surface area contributed by atoms with Crippen LogP contribution in [0.3, 0.4) is 0 Å². The number of nitrogen functional groups attached to an aromatic ring is 1. The first-order chi connectivity index (χ1) is 9.67. The van der Waals surface area contributed by atoms with Crippen LogP contribution in [0.25, 0.3) is 0 Å². The molecule has 20 heavy (non-hydrogen) atoms. The van der Waals surface area contributed by atoms with Crippen LogP contribution < -0.4 is 5.73 Å². The second kappa shape index (κ2) is 9.47. The number of nitrogens with zero attached hydrogens (tertiary/aromatic N) is 1. The van der Waals surface area contributed by atoms with Gasteiger partial charge in [0.1, 0.15) is 5.84 Å². The van der Waals surface area contributed by atoms with E-state index < -0.39 is 0 Å². The van der Waals surface area contributed by atoms with Crippen molar-refractivity contribution >= 4 is 5.84 Å². The molecule has 0 atom stereocenters. The summed E-state index contributed by atoms with van der Waals surface area (Å²) in [5.41, 5.74) is 7.43. The maximum atomic E-state index is 7.39. The van der Waals surface area contributed by atoms with Crippen molar-refractivity contribution in [2.45, 2.75) is 13.0 Å². The third kappa shape index (κ3) is 6.14. The number of nitrogens with one attached hydrogen (secondary N) is 1. The van der Waals surface area contributed by atoms with Crippen LogP contribution in [0.5, 0.6) is 0 Å². The zero-order chi connectivity index (χ0) is 14.8. The average Bonchev–Trinajstić information content (AvgIpc) is 2.45. The highest BCUT2D eigenvalue weighted by Gasteiger charge is 2.06. The Morgan fingerprint density at radius 1 is 1.10 bits per heavy atom. The van der Waals surface area contributed by atoms with Crippen molar-refractivity contribution in [3.63, 3.8) is 0 Å². The lowest BCUT2D eigenvalue weighted by Crippen LogP contribution is -2.28. The van der Waals surface area contributed by atoms with Crippen LogP contribution >= 0.6 is 0 Å². The normalized spacial score (nSPS) is 10.9. The highest BCUT2D eigenvalue weighted by atomic mass is 16.5. The Morgan fingerprint density at radius 2 is 1.75 bits per heavy atom. The van der Waals surface area contributed by atoms with Gasteiger partial charge in [-0.05, 0) is 12.0 Å². The van der Waals surface area contributed by atoms with E-state index in [1.54, 1.807) is 14.2 Å². The standard InChI is InChI=1S/C15H25N3O2/c1-19-10-3-8-18(9-11-20-2)12-13-4-6-14(7-5-13)15(16)17/h4-7H,3,8-12H2,1-2H3,(H3,16,17). The maximum absolute atomic E-state index is 7.39. The summed E-state index contributed by atoms with van der Waals surface area (Å²) in [7, 11) is 3.44. The van der Waals surface area contributed by atoms with Crippen molar-refractivity contribution in [3.8, 4) is 0 Å². The lowest BCUT2D eigenvalue weighted by Gasteiger charge is -2.22. The van der Waals surface area contributed by atoms with Crippen molar-refractivity contribution in [1.29, 1.82) is 5.41 Å². The molecular weight excluding hydrogens is 254 g/mol. The van der Waals surface area contributed by atoms with Gasteiger partial charge < -0.3 is 15.2 Å². The molecule has 1 aromatic carbocycles. The van der Waals surface area contributed by atoms with Crippen LogP contribution in [0.4, 0.5) is 0 Å². The molecule has 3 N–H and O–H groups in total. The minimum atomic E-state index is 0.105. The number of hydrogen-bond acceptors (Lipinski definition) is 4.